The fourth-order valence-electron chi connectivity index (χ4n) is 1.75. The van der Waals surface area contributed by atoms with Gasteiger partial charge >= 0.3 is 5.97 Å². The Morgan fingerprint density at radius 2 is 2.05 bits per heavy atom. The molecule has 0 saturated heterocycles. The molecule has 5 heteroatoms. The lowest BCUT2D eigenvalue weighted by atomic mass is 10.1. The SMILES string of the molecule is CCc1ccc(-n2cc(C=O)c(C(=O)OC)n2)cc1. The molecule has 1 heterocycles. The second-order valence-corrected chi connectivity index (χ2v) is 4.01. The minimum Gasteiger partial charge on any atom is -0.464 e. The number of aryl methyl sites for hydroxylation is 1. The van der Waals surface area contributed by atoms with E-state index in [9.17, 15) is 9.59 Å². The van der Waals surface area contributed by atoms with Crippen LogP contribution in [0.2, 0.25) is 0 Å². The molecule has 2 rings (SSSR count). The van der Waals surface area contributed by atoms with E-state index in [1.54, 1.807) is 0 Å². The molecule has 1 aromatic carbocycles. The fraction of sp³-hybridized carbons (Fsp3) is 0.214. The quantitative estimate of drug-likeness (QED) is 0.622. The molecule has 0 N–H and O–H groups in total. The van der Waals surface area contributed by atoms with Crippen LogP contribution in [0.25, 0.3) is 5.69 Å². The van der Waals surface area contributed by atoms with Crippen molar-refractivity contribution < 1.29 is 14.3 Å². The van der Waals surface area contributed by atoms with Gasteiger partial charge in [0.2, 0.25) is 0 Å². The summed E-state index contributed by atoms with van der Waals surface area (Å²) in [4.78, 5) is 22.4. The topological polar surface area (TPSA) is 61.2 Å². The molecule has 0 atom stereocenters. The van der Waals surface area contributed by atoms with Crippen molar-refractivity contribution >= 4 is 12.3 Å². The molecular formula is C14H14N2O3. The molecule has 0 fully saturated rings. The normalized spacial score (nSPS) is 10.2. The number of aromatic nitrogens is 2. The number of methoxy groups -OCH3 is 1. The number of nitrogens with zero attached hydrogens (tertiary/aromatic N) is 2. The van der Waals surface area contributed by atoms with Crippen LogP contribution in [0.4, 0.5) is 0 Å². The molecule has 0 aliphatic carbocycles. The highest BCUT2D eigenvalue weighted by Crippen LogP contribution is 2.13. The summed E-state index contributed by atoms with van der Waals surface area (Å²) in [5, 5.41) is 4.09. The zero-order valence-corrected chi connectivity index (χ0v) is 10.8. The number of carbonyl (C=O) groups excluding carboxylic acids is 2. The summed E-state index contributed by atoms with van der Waals surface area (Å²) in [6, 6.07) is 7.74. The van der Waals surface area contributed by atoms with Gasteiger partial charge in [-0.15, -0.1) is 0 Å². The Labute approximate surface area is 110 Å². The van der Waals surface area contributed by atoms with Crippen molar-refractivity contribution in [1.29, 1.82) is 0 Å². The molecule has 0 saturated carbocycles. The van der Waals surface area contributed by atoms with E-state index < -0.39 is 5.97 Å². The van der Waals surface area contributed by atoms with Gasteiger partial charge in [0, 0.05) is 6.20 Å². The first-order valence-electron chi connectivity index (χ1n) is 5.92. The molecule has 0 radical (unpaired) electrons. The van der Waals surface area contributed by atoms with E-state index in [0.29, 0.717) is 6.29 Å². The first-order valence-corrected chi connectivity index (χ1v) is 5.92. The van der Waals surface area contributed by atoms with Gasteiger partial charge in [-0.2, -0.15) is 5.10 Å². The van der Waals surface area contributed by atoms with Gasteiger partial charge < -0.3 is 4.74 Å². The third kappa shape index (κ3) is 2.54. The van der Waals surface area contributed by atoms with Gasteiger partial charge in [-0.1, -0.05) is 19.1 Å². The Kier molecular flexibility index (Phi) is 3.75. The maximum atomic E-state index is 11.5. The van der Waals surface area contributed by atoms with Crippen LogP contribution in [0.1, 0.15) is 33.3 Å². The minimum atomic E-state index is -0.619. The third-order valence-electron chi connectivity index (χ3n) is 2.86. The van der Waals surface area contributed by atoms with E-state index in [-0.39, 0.29) is 11.3 Å². The third-order valence-corrected chi connectivity index (χ3v) is 2.86. The maximum Gasteiger partial charge on any atom is 0.359 e. The van der Waals surface area contributed by atoms with Crippen molar-refractivity contribution in [2.75, 3.05) is 7.11 Å². The van der Waals surface area contributed by atoms with Crippen molar-refractivity contribution in [3.05, 3.63) is 47.3 Å². The standard InChI is InChI=1S/C14H14N2O3/c1-3-10-4-6-12(7-5-10)16-8-11(9-17)13(15-16)14(18)19-2/h4-9H,3H2,1-2H3. The van der Waals surface area contributed by atoms with Crippen LogP contribution in [0, 0.1) is 0 Å². The highest BCUT2D eigenvalue weighted by molar-refractivity contribution is 5.96. The van der Waals surface area contributed by atoms with E-state index >= 15 is 0 Å². The van der Waals surface area contributed by atoms with E-state index in [1.165, 1.54) is 23.6 Å². The van der Waals surface area contributed by atoms with Crippen LogP contribution in [0.3, 0.4) is 0 Å². The van der Waals surface area contributed by atoms with Crippen LogP contribution in [0.5, 0.6) is 0 Å². The number of hydrogen-bond acceptors (Lipinski definition) is 4. The Bertz CT molecular complexity index is 600. The predicted molar refractivity (Wildman–Crippen MR) is 69.7 cm³/mol. The van der Waals surface area contributed by atoms with Gasteiger partial charge in [0.1, 0.15) is 0 Å². The van der Waals surface area contributed by atoms with E-state index in [1.807, 2.05) is 24.3 Å². The van der Waals surface area contributed by atoms with Crippen LogP contribution >= 0.6 is 0 Å². The van der Waals surface area contributed by atoms with Gasteiger partial charge in [-0.05, 0) is 24.1 Å². The zero-order chi connectivity index (χ0) is 13.8. The summed E-state index contributed by atoms with van der Waals surface area (Å²) in [7, 11) is 1.26. The summed E-state index contributed by atoms with van der Waals surface area (Å²) >= 11 is 0. The summed E-state index contributed by atoms with van der Waals surface area (Å²) in [5.74, 6) is -0.619. The first kappa shape index (κ1) is 13.0. The van der Waals surface area contributed by atoms with E-state index in [0.717, 1.165) is 12.1 Å². The summed E-state index contributed by atoms with van der Waals surface area (Å²) < 4.78 is 6.09. The lowest BCUT2D eigenvalue weighted by molar-refractivity contribution is 0.0591. The fourth-order valence-corrected chi connectivity index (χ4v) is 1.75. The average molecular weight is 258 g/mol. The Morgan fingerprint density at radius 3 is 2.58 bits per heavy atom. The van der Waals surface area contributed by atoms with Crippen molar-refractivity contribution in [2.45, 2.75) is 13.3 Å². The number of carbonyl (C=O) groups is 2. The van der Waals surface area contributed by atoms with Crippen molar-refractivity contribution in [3.63, 3.8) is 0 Å². The summed E-state index contributed by atoms with van der Waals surface area (Å²) in [6.07, 6.45) is 3.06. The van der Waals surface area contributed by atoms with Gasteiger partial charge in [0.15, 0.2) is 12.0 Å². The predicted octanol–water partition coefficient (Wildman–Crippen LogP) is 2.03. The Morgan fingerprint density at radius 1 is 1.37 bits per heavy atom. The summed E-state index contributed by atoms with van der Waals surface area (Å²) in [6.45, 7) is 2.07. The summed E-state index contributed by atoms with van der Waals surface area (Å²) in [5.41, 5.74) is 2.23. The second kappa shape index (κ2) is 5.48. The number of aldehydes is 1. The van der Waals surface area contributed by atoms with Gasteiger partial charge in [-0.3, -0.25) is 4.79 Å². The van der Waals surface area contributed by atoms with Crippen molar-refractivity contribution in [2.24, 2.45) is 0 Å². The van der Waals surface area contributed by atoms with Crippen LogP contribution < -0.4 is 0 Å². The van der Waals surface area contributed by atoms with Gasteiger partial charge in [-0.25, -0.2) is 9.48 Å². The number of ether oxygens (including phenoxy) is 1. The van der Waals surface area contributed by atoms with Crippen molar-refractivity contribution in [3.8, 4) is 5.69 Å². The molecule has 0 bridgehead atoms. The highest BCUT2D eigenvalue weighted by Gasteiger charge is 2.17. The molecule has 2 aromatic rings. The lowest BCUT2D eigenvalue weighted by Crippen LogP contribution is -2.06. The van der Waals surface area contributed by atoms with E-state index in [2.05, 4.69) is 16.8 Å². The Hall–Kier alpha value is -2.43. The maximum absolute atomic E-state index is 11.5. The van der Waals surface area contributed by atoms with Crippen LogP contribution in [-0.2, 0) is 11.2 Å². The molecular weight excluding hydrogens is 244 g/mol. The number of benzene rings is 1. The molecule has 0 amide bonds. The number of esters is 1. The smallest absolute Gasteiger partial charge is 0.359 e. The lowest BCUT2D eigenvalue weighted by Gasteiger charge is -2.02. The second-order valence-electron chi connectivity index (χ2n) is 4.01. The molecule has 19 heavy (non-hydrogen) atoms. The molecule has 1 aromatic heterocycles. The van der Waals surface area contributed by atoms with Gasteiger partial charge in [0.05, 0.1) is 18.4 Å². The molecule has 0 aliphatic rings. The largest absolute Gasteiger partial charge is 0.464 e. The molecule has 0 unspecified atom stereocenters. The molecule has 0 aliphatic heterocycles. The van der Waals surface area contributed by atoms with Crippen LogP contribution in [0.15, 0.2) is 30.5 Å². The monoisotopic (exact) mass is 258 g/mol. The zero-order valence-electron chi connectivity index (χ0n) is 10.8. The minimum absolute atomic E-state index is 0.0251. The average Bonchev–Trinajstić information content (AvgIpc) is 2.90. The number of hydrogen-bond donors (Lipinski definition) is 0. The molecule has 5 nitrogen and oxygen atoms in total. The number of rotatable bonds is 4. The molecule has 0 spiro atoms. The highest BCUT2D eigenvalue weighted by atomic mass is 16.5. The first-order chi connectivity index (χ1) is 9.19. The Balaban J connectivity index is 2.42. The van der Waals surface area contributed by atoms with E-state index in [4.69, 9.17) is 0 Å². The van der Waals surface area contributed by atoms with Crippen LogP contribution in [-0.4, -0.2) is 29.1 Å². The van der Waals surface area contributed by atoms with Crippen molar-refractivity contribution in [1.82, 2.24) is 9.78 Å². The van der Waals surface area contributed by atoms with Gasteiger partial charge in [0.25, 0.3) is 0 Å². The molecule has 98 valence electrons.